The first-order chi connectivity index (χ1) is 11.8. The van der Waals surface area contributed by atoms with Gasteiger partial charge in [-0.15, -0.1) is 0 Å². The quantitative estimate of drug-likeness (QED) is 0.805. The number of rotatable bonds is 2. The predicted molar refractivity (Wildman–Crippen MR) is 89.5 cm³/mol. The highest BCUT2D eigenvalue weighted by Crippen LogP contribution is 2.51. The van der Waals surface area contributed by atoms with E-state index < -0.39 is 17.8 Å². The number of hydrogen-bond acceptors (Lipinski definition) is 5. The molecule has 1 fully saturated rings. The van der Waals surface area contributed by atoms with Gasteiger partial charge in [-0.05, 0) is 25.8 Å². The second-order valence-electron chi connectivity index (χ2n) is 6.44. The van der Waals surface area contributed by atoms with Gasteiger partial charge in [0.1, 0.15) is 0 Å². The van der Waals surface area contributed by atoms with Crippen molar-refractivity contribution in [3.8, 4) is 11.5 Å². The Morgan fingerprint density at radius 2 is 1.92 bits per heavy atom. The lowest BCUT2D eigenvalue weighted by molar-refractivity contribution is -0.123. The van der Waals surface area contributed by atoms with Crippen LogP contribution in [0.3, 0.4) is 0 Å². The molecule has 1 N–H and O–H groups in total. The van der Waals surface area contributed by atoms with Crippen molar-refractivity contribution < 1.29 is 28.9 Å². The van der Waals surface area contributed by atoms with Crippen molar-refractivity contribution in [2.24, 2.45) is 5.92 Å². The molecular weight excluding hydrogens is 350 g/mol. The van der Waals surface area contributed by atoms with E-state index in [1.807, 2.05) is 6.92 Å². The normalized spacial score (nSPS) is 22.8. The van der Waals surface area contributed by atoms with Gasteiger partial charge in [0.2, 0.25) is 0 Å². The third-order valence-electron chi connectivity index (χ3n) is 4.96. The van der Waals surface area contributed by atoms with Gasteiger partial charge in [0, 0.05) is 31.5 Å². The summed E-state index contributed by atoms with van der Waals surface area (Å²) >= 11 is 6.28. The van der Waals surface area contributed by atoms with E-state index in [-0.39, 0.29) is 10.9 Å². The van der Waals surface area contributed by atoms with E-state index >= 15 is 0 Å². The Labute approximate surface area is 150 Å². The fourth-order valence-corrected chi connectivity index (χ4v) is 3.66. The topological polar surface area (TPSA) is 85.3 Å². The van der Waals surface area contributed by atoms with Crippen molar-refractivity contribution in [1.82, 2.24) is 4.90 Å². The Morgan fingerprint density at radius 3 is 2.48 bits per heavy atom. The Balaban J connectivity index is 1.85. The van der Waals surface area contributed by atoms with E-state index in [2.05, 4.69) is 0 Å². The number of likely N-dealkylation sites (tertiary alicyclic amines) is 1. The summed E-state index contributed by atoms with van der Waals surface area (Å²) in [5, 5.41) is 9.36. The fourth-order valence-electron chi connectivity index (χ4n) is 3.43. The van der Waals surface area contributed by atoms with Gasteiger partial charge in [0.25, 0.3) is 5.79 Å². The number of ether oxygens (including phenoxy) is 3. The van der Waals surface area contributed by atoms with Crippen molar-refractivity contribution in [3.63, 3.8) is 0 Å². The van der Waals surface area contributed by atoms with Crippen LogP contribution in [-0.2, 0) is 4.74 Å². The first-order valence-electron chi connectivity index (χ1n) is 8.04. The van der Waals surface area contributed by atoms with Crippen LogP contribution in [0.1, 0.15) is 35.7 Å². The van der Waals surface area contributed by atoms with Crippen molar-refractivity contribution in [2.75, 3.05) is 20.2 Å². The molecule has 1 aromatic rings. The van der Waals surface area contributed by atoms with Crippen molar-refractivity contribution >= 4 is 23.7 Å². The lowest BCUT2D eigenvalue weighted by Gasteiger charge is -2.37. The molecule has 0 saturated carbocycles. The summed E-state index contributed by atoms with van der Waals surface area (Å²) in [6.07, 6.45) is 0.330. The molecule has 1 saturated heterocycles. The number of carbonyl (C=O) groups is 2. The third-order valence-corrected chi connectivity index (χ3v) is 5.24. The minimum atomic E-state index is -0.948. The number of esters is 1. The molecule has 1 amide bonds. The average molecular weight is 370 g/mol. The fraction of sp³-hybridized carbons (Fsp3) is 0.529. The van der Waals surface area contributed by atoms with Crippen molar-refractivity contribution in [2.45, 2.75) is 32.5 Å². The van der Waals surface area contributed by atoms with Crippen LogP contribution in [0, 0.1) is 12.8 Å². The van der Waals surface area contributed by atoms with Gasteiger partial charge in [-0.1, -0.05) is 11.6 Å². The molecule has 136 valence electrons. The Bertz CT molecular complexity index is 728. The maximum Gasteiger partial charge on any atom is 0.407 e. The Hall–Kier alpha value is -2.15. The summed E-state index contributed by atoms with van der Waals surface area (Å²) in [7, 11) is 1.31. The molecule has 0 spiro atoms. The van der Waals surface area contributed by atoms with Crippen LogP contribution in [0.15, 0.2) is 6.07 Å². The van der Waals surface area contributed by atoms with Gasteiger partial charge in [-0.25, -0.2) is 9.59 Å². The lowest BCUT2D eigenvalue weighted by atomic mass is 9.89. The molecule has 0 aliphatic carbocycles. The zero-order valence-corrected chi connectivity index (χ0v) is 15.1. The van der Waals surface area contributed by atoms with Crippen LogP contribution >= 0.6 is 11.6 Å². The smallest absolute Gasteiger partial charge is 0.407 e. The Kier molecular flexibility index (Phi) is 4.45. The molecule has 2 aliphatic heterocycles. The second-order valence-corrected chi connectivity index (χ2v) is 6.85. The lowest BCUT2D eigenvalue weighted by Crippen LogP contribution is -2.49. The van der Waals surface area contributed by atoms with Crippen molar-refractivity contribution in [1.29, 1.82) is 0 Å². The highest BCUT2D eigenvalue weighted by atomic mass is 35.5. The molecule has 8 heteroatoms. The van der Waals surface area contributed by atoms with E-state index in [9.17, 15) is 9.59 Å². The average Bonchev–Trinajstić information content (AvgIpc) is 2.97. The number of nitrogens with zero attached hydrogens (tertiary/aromatic N) is 1. The van der Waals surface area contributed by atoms with E-state index in [1.54, 1.807) is 6.92 Å². The molecule has 25 heavy (non-hydrogen) atoms. The molecule has 0 radical (unpaired) electrons. The SMILES string of the molecule is COC(=O)c1cc(Cl)c2c(c1C)OC(C)(C1CCN(C(=O)O)CC1)O2. The number of methoxy groups -OCH3 is 1. The van der Waals surface area contributed by atoms with Crippen molar-refractivity contribution in [3.05, 3.63) is 22.2 Å². The zero-order valence-electron chi connectivity index (χ0n) is 14.3. The Morgan fingerprint density at radius 1 is 1.32 bits per heavy atom. The highest BCUT2D eigenvalue weighted by Gasteiger charge is 2.47. The largest absolute Gasteiger partial charge is 0.465 e. The molecule has 0 bridgehead atoms. The monoisotopic (exact) mass is 369 g/mol. The summed E-state index contributed by atoms with van der Waals surface area (Å²) in [4.78, 5) is 24.4. The van der Waals surface area contributed by atoms with Gasteiger partial charge >= 0.3 is 12.1 Å². The molecule has 1 aromatic carbocycles. The second kappa shape index (κ2) is 6.29. The van der Waals surface area contributed by atoms with Crippen LogP contribution in [0.25, 0.3) is 0 Å². The number of fused-ring (bicyclic) bond motifs is 1. The molecule has 0 aromatic heterocycles. The van der Waals surface area contributed by atoms with Crippen LogP contribution < -0.4 is 9.47 Å². The molecule has 7 nitrogen and oxygen atoms in total. The van der Waals surface area contributed by atoms with Crippen LogP contribution in [0.4, 0.5) is 4.79 Å². The number of benzene rings is 1. The summed E-state index contributed by atoms with van der Waals surface area (Å²) in [6, 6.07) is 1.52. The minimum absolute atomic E-state index is 0.00698. The highest BCUT2D eigenvalue weighted by molar-refractivity contribution is 6.32. The van der Waals surface area contributed by atoms with Gasteiger partial charge < -0.3 is 24.2 Å². The summed E-state index contributed by atoms with van der Waals surface area (Å²) in [5.41, 5.74) is 0.942. The molecule has 2 aliphatic rings. The zero-order chi connectivity index (χ0) is 18.4. The van der Waals surface area contributed by atoms with Gasteiger partial charge in [-0.2, -0.15) is 0 Å². The number of halogens is 1. The van der Waals surface area contributed by atoms with Gasteiger partial charge in [0.15, 0.2) is 11.5 Å². The molecule has 3 rings (SSSR count). The number of amides is 1. The van der Waals surface area contributed by atoms with Crippen LogP contribution in [0.5, 0.6) is 11.5 Å². The van der Waals surface area contributed by atoms with E-state index in [1.165, 1.54) is 18.1 Å². The maximum absolute atomic E-state index is 11.9. The first kappa shape index (κ1) is 17.7. The molecule has 1 atom stereocenters. The van der Waals surface area contributed by atoms with Crippen LogP contribution in [0.2, 0.25) is 5.02 Å². The van der Waals surface area contributed by atoms with E-state index in [4.69, 9.17) is 30.9 Å². The number of carbonyl (C=O) groups excluding carboxylic acids is 1. The van der Waals surface area contributed by atoms with Crippen LogP contribution in [-0.4, -0.2) is 48.1 Å². The van der Waals surface area contributed by atoms with Gasteiger partial charge in [0.05, 0.1) is 17.7 Å². The molecule has 1 unspecified atom stereocenters. The maximum atomic E-state index is 11.9. The number of carboxylic acid groups (broad SMARTS) is 1. The summed E-state index contributed by atoms with van der Waals surface area (Å²) in [5.74, 6) is -0.580. The minimum Gasteiger partial charge on any atom is -0.465 e. The summed E-state index contributed by atoms with van der Waals surface area (Å²) in [6.45, 7) is 4.43. The number of piperidine rings is 1. The standard InChI is InChI=1S/C17H20ClNO6/c1-9-11(15(20)23-3)8-12(18)14-13(9)24-17(2,25-14)10-4-6-19(7-5-10)16(21)22/h8,10H,4-7H2,1-3H3,(H,21,22). The third kappa shape index (κ3) is 2.97. The predicted octanol–water partition coefficient (Wildman–Crippen LogP) is 3.31. The van der Waals surface area contributed by atoms with E-state index in [0.29, 0.717) is 48.6 Å². The first-order valence-corrected chi connectivity index (χ1v) is 8.42. The number of hydrogen-bond donors (Lipinski definition) is 1. The summed E-state index contributed by atoms with van der Waals surface area (Å²) < 4.78 is 16.9. The molecular formula is C17H20ClNO6. The van der Waals surface area contributed by atoms with Gasteiger partial charge in [-0.3, -0.25) is 0 Å². The molecule has 2 heterocycles. The van der Waals surface area contributed by atoms with E-state index in [0.717, 1.165) is 0 Å².